The van der Waals surface area contributed by atoms with Crippen LogP contribution < -0.4 is 0 Å². The Kier molecular flexibility index (Phi) is 3.14. The second kappa shape index (κ2) is 4.14. The second-order valence-corrected chi connectivity index (χ2v) is 3.10. The van der Waals surface area contributed by atoms with Crippen LogP contribution in [0, 0.1) is 0 Å². The van der Waals surface area contributed by atoms with Crippen molar-refractivity contribution in [1.82, 2.24) is 9.80 Å². The van der Waals surface area contributed by atoms with E-state index in [9.17, 15) is 4.79 Å². The van der Waals surface area contributed by atoms with Gasteiger partial charge >= 0.3 is 0 Å². The predicted molar refractivity (Wildman–Crippen MR) is 48.4 cm³/mol. The van der Waals surface area contributed by atoms with Crippen molar-refractivity contribution in [1.29, 1.82) is 0 Å². The van der Waals surface area contributed by atoms with E-state index in [1.54, 1.807) is 0 Å². The highest BCUT2D eigenvalue weighted by molar-refractivity contribution is 5.58. The summed E-state index contributed by atoms with van der Waals surface area (Å²) in [4.78, 5) is 14.7. The van der Waals surface area contributed by atoms with Gasteiger partial charge in [-0.25, -0.2) is 0 Å². The first-order chi connectivity index (χ1) is 5.79. The summed E-state index contributed by atoms with van der Waals surface area (Å²) in [6.07, 6.45) is 7.14. The van der Waals surface area contributed by atoms with Gasteiger partial charge in [-0.2, -0.15) is 0 Å². The van der Waals surface area contributed by atoms with Crippen molar-refractivity contribution in [2.75, 3.05) is 13.6 Å². The number of nitrogens with zero attached hydrogens (tertiary/aromatic N) is 2. The molecule has 1 atom stereocenters. The molecule has 3 heteroatoms. The molecule has 1 aliphatic rings. The zero-order valence-electron chi connectivity index (χ0n) is 7.73. The van der Waals surface area contributed by atoms with Crippen molar-refractivity contribution in [3.8, 4) is 0 Å². The van der Waals surface area contributed by atoms with E-state index in [-0.39, 0.29) is 6.17 Å². The molecule has 0 spiro atoms. The SMILES string of the molecule is CCCCN1C=CN(C)C1C=O. The Morgan fingerprint density at radius 1 is 1.50 bits per heavy atom. The second-order valence-electron chi connectivity index (χ2n) is 3.10. The Morgan fingerprint density at radius 3 is 2.83 bits per heavy atom. The van der Waals surface area contributed by atoms with Crippen molar-refractivity contribution < 1.29 is 4.79 Å². The van der Waals surface area contributed by atoms with Gasteiger partial charge in [0.25, 0.3) is 0 Å². The minimum Gasteiger partial charge on any atom is -0.353 e. The number of carbonyl (C=O) groups excluding carboxylic acids is 1. The normalized spacial score (nSPS) is 22.0. The van der Waals surface area contributed by atoms with Crippen LogP contribution in [0.2, 0.25) is 0 Å². The molecule has 0 aromatic heterocycles. The van der Waals surface area contributed by atoms with Gasteiger partial charge in [0.15, 0.2) is 12.5 Å². The lowest BCUT2D eigenvalue weighted by molar-refractivity contribution is -0.114. The first kappa shape index (κ1) is 9.10. The van der Waals surface area contributed by atoms with Crippen LogP contribution in [0.4, 0.5) is 0 Å². The number of carbonyl (C=O) groups is 1. The van der Waals surface area contributed by atoms with E-state index in [4.69, 9.17) is 0 Å². The highest BCUT2D eigenvalue weighted by Gasteiger charge is 2.21. The first-order valence-electron chi connectivity index (χ1n) is 4.41. The van der Waals surface area contributed by atoms with Crippen LogP contribution in [-0.2, 0) is 4.79 Å². The Hall–Kier alpha value is -0.990. The smallest absolute Gasteiger partial charge is 0.162 e. The standard InChI is InChI=1S/C9H16N2O/c1-3-4-5-11-7-6-10(2)9(11)8-12/h6-9H,3-5H2,1-2H3. The predicted octanol–water partition coefficient (Wildman–Crippen LogP) is 1.03. The molecular formula is C9H16N2O. The number of hydrogen-bond donors (Lipinski definition) is 0. The Morgan fingerprint density at radius 2 is 2.25 bits per heavy atom. The van der Waals surface area contributed by atoms with Gasteiger partial charge in [-0.1, -0.05) is 13.3 Å². The molecule has 3 nitrogen and oxygen atoms in total. The topological polar surface area (TPSA) is 23.6 Å². The molecule has 68 valence electrons. The summed E-state index contributed by atoms with van der Waals surface area (Å²) in [5.74, 6) is 0. The molecule has 1 aliphatic heterocycles. The fourth-order valence-corrected chi connectivity index (χ4v) is 1.32. The summed E-state index contributed by atoms with van der Waals surface area (Å²) in [5.41, 5.74) is 0. The van der Waals surface area contributed by atoms with E-state index in [0.29, 0.717) is 0 Å². The molecule has 0 saturated heterocycles. The molecular weight excluding hydrogens is 152 g/mol. The quantitative estimate of drug-likeness (QED) is 0.586. The van der Waals surface area contributed by atoms with Crippen molar-refractivity contribution in [3.63, 3.8) is 0 Å². The Bertz CT molecular complexity index is 179. The van der Waals surface area contributed by atoms with Crippen molar-refractivity contribution in [3.05, 3.63) is 12.4 Å². The average Bonchev–Trinajstić information content (AvgIpc) is 2.43. The molecule has 0 aliphatic carbocycles. The van der Waals surface area contributed by atoms with Crippen LogP contribution >= 0.6 is 0 Å². The molecule has 0 saturated carbocycles. The monoisotopic (exact) mass is 168 g/mol. The Balaban J connectivity index is 2.43. The third-order valence-corrected chi connectivity index (χ3v) is 2.14. The fourth-order valence-electron chi connectivity index (χ4n) is 1.32. The van der Waals surface area contributed by atoms with Crippen molar-refractivity contribution in [2.24, 2.45) is 0 Å². The number of rotatable bonds is 4. The van der Waals surface area contributed by atoms with Gasteiger partial charge in [-0.05, 0) is 6.42 Å². The third-order valence-electron chi connectivity index (χ3n) is 2.14. The van der Waals surface area contributed by atoms with Crippen LogP contribution in [0.5, 0.6) is 0 Å². The summed E-state index contributed by atoms with van der Waals surface area (Å²) < 4.78 is 0. The number of hydrogen-bond acceptors (Lipinski definition) is 3. The summed E-state index contributed by atoms with van der Waals surface area (Å²) in [5, 5.41) is 0. The van der Waals surface area contributed by atoms with Crippen LogP contribution in [0.3, 0.4) is 0 Å². The van der Waals surface area contributed by atoms with Gasteiger partial charge in [0.1, 0.15) is 0 Å². The van der Waals surface area contributed by atoms with Gasteiger partial charge in [-0.3, -0.25) is 4.79 Å². The van der Waals surface area contributed by atoms with Gasteiger partial charge in [0, 0.05) is 26.0 Å². The van der Waals surface area contributed by atoms with E-state index >= 15 is 0 Å². The number of aldehydes is 1. The molecule has 0 fully saturated rings. The van der Waals surface area contributed by atoms with Crippen LogP contribution in [0.15, 0.2) is 12.4 Å². The maximum Gasteiger partial charge on any atom is 0.162 e. The number of likely N-dealkylation sites (N-methyl/N-ethyl adjacent to an activating group) is 1. The maximum absolute atomic E-state index is 10.7. The van der Waals surface area contributed by atoms with E-state index in [1.165, 1.54) is 6.42 Å². The molecule has 1 unspecified atom stereocenters. The molecule has 0 aromatic carbocycles. The minimum absolute atomic E-state index is 0.0726. The first-order valence-corrected chi connectivity index (χ1v) is 4.41. The van der Waals surface area contributed by atoms with Crippen molar-refractivity contribution in [2.45, 2.75) is 25.9 Å². The van der Waals surface area contributed by atoms with Crippen LogP contribution in [-0.4, -0.2) is 35.8 Å². The van der Waals surface area contributed by atoms with Gasteiger partial charge < -0.3 is 9.80 Å². The molecule has 0 aromatic rings. The van der Waals surface area contributed by atoms with Crippen LogP contribution in [0.1, 0.15) is 19.8 Å². The third kappa shape index (κ3) is 1.78. The van der Waals surface area contributed by atoms with E-state index in [0.717, 1.165) is 19.3 Å². The largest absolute Gasteiger partial charge is 0.353 e. The summed E-state index contributed by atoms with van der Waals surface area (Å²) in [7, 11) is 1.92. The van der Waals surface area contributed by atoms with E-state index in [1.807, 2.05) is 24.3 Å². The molecule has 1 rings (SSSR count). The highest BCUT2D eigenvalue weighted by Crippen LogP contribution is 2.12. The maximum atomic E-state index is 10.7. The molecule has 0 amide bonds. The highest BCUT2D eigenvalue weighted by atomic mass is 16.1. The van der Waals surface area contributed by atoms with E-state index in [2.05, 4.69) is 11.8 Å². The average molecular weight is 168 g/mol. The number of unbranched alkanes of at least 4 members (excludes halogenated alkanes) is 1. The van der Waals surface area contributed by atoms with Gasteiger partial charge in [-0.15, -0.1) is 0 Å². The lowest BCUT2D eigenvalue weighted by Crippen LogP contribution is -2.38. The summed E-state index contributed by atoms with van der Waals surface area (Å²) >= 11 is 0. The zero-order valence-corrected chi connectivity index (χ0v) is 7.73. The summed E-state index contributed by atoms with van der Waals surface area (Å²) in [6.45, 7) is 3.13. The van der Waals surface area contributed by atoms with Crippen LogP contribution in [0.25, 0.3) is 0 Å². The zero-order chi connectivity index (χ0) is 8.97. The minimum atomic E-state index is -0.0726. The molecule has 0 bridgehead atoms. The lowest BCUT2D eigenvalue weighted by Gasteiger charge is -2.25. The molecule has 0 radical (unpaired) electrons. The lowest BCUT2D eigenvalue weighted by atomic mass is 10.3. The molecule has 0 N–H and O–H groups in total. The molecule has 12 heavy (non-hydrogen) atoms. The fraction of sp³-hybridized carbons (Fsp3) is 0.667. The summed E-state index contributed by atoms with van der Waals surface area (Å²) in [6, 6.07) is 0. The van der Waals surface area contributed by atoms with Crippen molar-refractivity contribution >= 4 is 6.29 Å². The molecule has 1 heterocycles. The van der Waals surface area contributed by atoms with E-state index < -0.39 is 0 Å². The van der Waals surface area contributed by atoms with Gasteiger partial charge in [0.05, 0.1) is 0 Å². The van der Waals surface area contributed by atoms with Gasteiger partial charge in [0.2, 0.25) is 0 Å². The Labute approximate surface area is 73.6 Å².